The topological polar surface area (TPSA) is 92.3 Å². The summed E-state index contributed by atoms with van der Waals surface area (Å²) in [5, 5.41) is 0.298. The highest BCUT2D eigenvalue weighted by Gasteiger charge is 2.33. The number of halogens is 2. The van der Waals surface area contributed by atoms with E-state index in [-0.39, 0.29) is 33.5 Å². The minimum atomic E-state index is -3.16. The second-order valence-electron chi connectivity index (χ2n) is 4.64. The Balaban J connectivity index is 1.95. The quantitative estimate of drug-likeness (QED) is 0.783. The number of nitrogens with one attached hydrogen (secondary N) is 2. The van der Waals surface area contributed by atoms with Gasteiger partial charge in [-0.2, -0.15) is 0 Å². The Kier molecular flexibility index (Phi) is 4.75. The van der Waals surface area contributed by atoms with Crippen LogP contribution in [0.3, 0.4) is 0 Å². The summed E-state index contributed by atoms with van der Waals surface area (Å²) in [5.41, 5.74) is 4.51. The standard InChI is InChI=1S/C12H12Cl2N2O4S/c13-9-3-1-2-8(10(9)14)12(18)16-15-11(17)7-4-5-21(19,20)6-7/h1-3,7H,4-6H2,(H,15,17)(H,16,18)/t7-/m1/s1. The molecule has 0 aromatic heterocycles. The van der Waals surface area contributed by atoms with Gasteiger partial charge in [0.15, 0.2) is 9.84 Å². The molecule has 1 aliphatic rings. The van der Waals surface area contributed by atoms with Crippen LogP contribution in [0, 0.1) is 5.92 Å². The Morgan fingerprint density at radius 2 is 1.90 bits per heavy atom. The van der Waals surface area contributed by atoms with Crippen molar-refractivity contribution in [3.05, 3.63) is 33.8 Å². The van der Waals surface area contributed by atoms with Crippen LogP contribution in [0.2, 0.25) is 10.0 Å². The zero-order chi connectivity index (χ0) is 15.6. The van der Waals surface area contributed by atoms with Crippen molar-refractivity contribution < 1.29 is 18.0 Å². The number of carbonyl (C=O) groups is 2. The lowest BCUT2D eigenvalue weighted by Gasteiger charge is -2.11. The predicted molar refractivity (Wildman–Crippen MR) is 78.8 cm³/mol. The highest BCUT2D eigenvalue weighted by atomic mass is 35.5. The van der Waals surface area contributed by atoms with E-state index in [2.05, 4.69) is 10.9 Å². The highest BCUT2D eigenvalue weighted by Crippen LogP contribution is 2.25. The molecule has 1 aromatic rings. The van der Waals surface area contributed by atoms with E-state index in [1.165, 1.54) is 12.1 Å². The van der Waals surface area contributed by atoms with E-state index >= 15 is 0 Å². The first kappa shape index (κ1) is 16.1. The number of benzene rings is 1. The number of carbonyl (C=O) groups excluding carboxylic acids is 2. The van der Waals surface area contributed by atoms with Crippen LogP contribution in [-0.4, -0.2) is 31.7 Å². The summed E-state index contributed by atoms with van der Waals surface area (Å²) in [6.45, 7) is 0. The van der Waals surface area contributed by atoms with E-state index in [1.54, 1.807) is 6.07 Å². The van der Waals surface area contributed by atoms with Crippen LogP contribution in [0.15, 0.2) is 18.2 Å². The molecule has 21 heavy (non-hydrogen) atoms. The van der Waals surface area contributed by atoms with Crippen molar-refractivity contribution in [3.8, 4) is 0 Å². The van der Waals surface area contributed by atoms with Gasteiger partial charge in [-0.05, 0) is 18.6 Å². The fourth-order valence-electron chi connectivity index (χ4n) is 1.97. The molecule has 1 heterocycles. The van der Waals surface area contributed by atoms with Gasteiger partial charge in [-0.3, -0.25) is 20.4 Å². The third-order valence-corrected chi connectivity index (χ3v) is 5.69. The molecule has 0 bridgehead atoms. The summed E-state index contributed by atoms with van der Waals surface area (Å²) < 4.78 is 22.6. The van der Waals surface area contributed by atoms with E-state index in [0.29, 0.717) is 0 Å². The third kappa shape index (κ3) is 3.87. The highest BCUT2D eigenvalue weighted by molar-refractivity contribution is 7.91. The first-order valence-corrected chi connectivity index (χ1v) is 8.62. The lowest BCUT2D eigenvalue weighted by Crippen LogP contribution is -2.44. The Hall–Kier alpha value is -1.31. The smallest absolute Gasteiger partial charge is 0.271 e. The SMILES string of the molecule is O=C(NNC(=O)[C@@H]1CCS(=O)(=O)C1)c1cccc(Cl)c1Cl. The summed E-state index contributed by atoms with van der Waals surface area (Å²) in [4.78, 5) is 23.6. The molecule has 6 nitrogen and oxygen atoms in total. The summed E-state index contributed by atoms with van der Waals surface area (Å²) >= 11 is 11.7. The first-order valence-electron chi connectivity index (χ1n) is 6.05. The van der Waals surface area contributed by atoms with Gasteiger partial charge in [0.1, 0.15) is 0 Å². The monoisotopic (exact) mass is 350 g/mol. The average molecular weight is 351 g/mol. The number of hydrogen-bond acceptors (Lipinski definition) is 4. The molecule has 1 aromatic carbocycles. The van der Waals surface area contributed by atoms with Crippen LogP contribution in [0.25, 0.3) is 0 Å². The van der Waals surface area contributed by atoms with Crippen LogP contribution in [-0.2, 0) is 14.6 Å². The molecule has 2 rings (SSSR count). The number of sulfone groups is 1. The molecule has 1 aliphatic heterocycles. The van der Waals surface area contributed by atoms with Gasteiger partial charge >= 0.3 is 0 Å². The number of hydrogen-bond donors (Lipinski definition) is 2. The Morgan fingerprint density at radius 1 is 1.19 bits per heavy atom. The number of rotatable bonds is 2. The van der Waals surface area contributed by atoms with Gasteiger partial charge in [-0.1, -0.05) is 29.3 Å². The molecule has 1 saturated heterocycles. The molecule has 2 amide bonds. The average Bonchev–Trinajstić information content (AvgIpc) is 2.79. The molecule has 0 spiro atoms. The Bertz CT molecular complexity index is 690. The molecule has 1 atom stereocenters. The van der Waals surface area contributed by atoms with E-state index in [1.807, 2.05) is 0 Å². The van der Waals surface area contributed by atoms with Crippen LogP contribution < -0.4 is 10.9 Å². The van der Waals surface area contributed by atoms with E-state index in [4.69, 9.17) is 23.2 Å². The summed E-state index contributed by atoms with van der Waals surface area (Å²) in [6, 6.07) is 4.53. The Morgan fingerprint density at radius 3 is 2.52 bits per heavy atom. The van der Waals surface area contributed by atoms with Gasteiger partial charge in [0, 0.05) is 0 Å². The molecular formula is C12H12Cl2N2O4S. The van der Waals surface area contributed by atoms with Gasteiger partial charge in [0.05, 0.1) is 33.0 Å². The minimum absolute atomic E-state index is 0.0147. The summed E-state index contributed by atoms with van der Waals surface area (Å²) in [6.07, 6.45) is 0.252. The normalized spacial score (nSPS) is 20.0. The minimum Gasteiger partial charge on any atom is -0.273 e. The molecular weight excluding hydrogens is 339 g/mol. The maximum atomic E-state index is 11.9. The largest absolute Gasteiger partial charge is 0.273 e. The molecule has 0 unspecified atom stereocenters. The number of amides is 2. The maximum Gasteiger partial charge on any atom is 0.271 e. The molecule has 114 valence electrons. The van der Waals surface area contributed by atoms with Crippen molar-refractivity contribution in [1.82, 2.24) is 10.9 Å². The van der Waals surface area contributed by atoms with Gasteiger partial charge in [0.25, 0.3) is 5.91 Å². The van der Waals surface area contributed by atoms with Crippen LogP contribution >= 0.6 is 23.2 Å². The molecule has 0 aliphatic carbocycles. The van der Waals surface area contributed by atoms with Gasteiger partial charge in [-0.25, -0.2) is 8.42 Å². The van der Waals surface area contributed by atoms with E-state index < -0.39 is 27.6 Å². The van der Waals surface area contributed by atoms with Gasteiger partial charge in [-0.15, -0.1) is 0 Å². The van der Waals surface area contributed by atoms with Crippen molar-refractivity contribution in [2.24, 2.45) is 5.92 Å². The van der Waals surface area contributed by atoms with Crippen molar-refractivity contribution >= 4 is 44.9 Å². The zero-order valence-electron chi connectivity index (χ0n) is 10.7. The fraction of sp³-hybridized carbons (Fsp3) is 0.333. The number of hydrazine groups is 1. The van der Waals surface area contributed by atoms with Crippen molar-refractivity contribution in [2.75, 3.05) is 11.5 Å². The van der Waals surface area contributed by atoms with Crippen molar-refractivity contribution in [2.45, 2.75) is 6.42 Å². The fourth-order valence-corrected chi connectivity index (χ4v) is 4.10. The molecule has 1 fully saturated rings. The lowest BCUT2D eigenvalue weighted by molar-refractivity contribution is -0.125. The zero-order valence-corrected chi connectivity index (χ0v) is 13.1. The van der Waals surface area contributed by atoms with E-state index in [0.717, 1.165) is 0 Å². The maximum absolute atomic E-state index is 11.9. The van der Waals surface area contributed by atoms with Gasteiger partial charge < -0.3 is 0 Å². The molecule has 2 N–H and O–H groups in total. The summed E-state index contributed by atoms with van der Waals surface area (Å²) in [7, 11) is -3.16. The van der Waals surface area contributed by atoms with Crippen LogP contribution in [0.1, 0.15) is 16.8 Å². The van der Waals surface area contributed by atoms with Crippen LogP contribution in [0.4, 0.5) is 0 Å². The van der Waals surface area contributed by atoms with E-state index in [9.17, 15) is 18.0 Å². The summed E-state index contributed by atoms with van der Waals surface area (Å²) in [5.74, 6) is -2.03. The third-order valence-electron chi connectivity index (χ3n) is 3.10. The van der Waals surface area contributed by atoms with Crippen LogP contribution in [0.5, 0.6) is 0 Å². The lowest BCUT2D eigenvalue weighted by atomic mass is 10.1. The van der Waals surface area contributed by atoms with Crippen molar-refractivity contribution in [3.63, 3.8) is 0 Å². The Labute approximate surface area is 131 Å². The first-order chi connectivity index (χ1) is 9.80. The van der Waals surface area contributed by atoms with Crippen molar-refractivity contribution in [1.29, 1.82) is 0 Å². The second-order valence-corrected chi connectivity index (χ2v) is 7.66. The molecule has 0 saturated carbocycles. The van der Waals surface area contributed by atoms with Gasteiger partial charge in [0.2, 0.25) is 5.91 Å². The molecule has 9 heteroatoms. The molecule has 0 radical (unpaired) electrons. The predicted octanol–water partition coefficient (Wildman–Crippen LogP) is 1.19. The second kappa shape index (κ2) is 6.21.